The summed E-state index contributed by atoms with van der Waals surface area (Å²) in [6.07, 6.45) is 0. The lowest BCUT2D eigenvalue weighted by atomic mass is 9.97. The van der Waals surface area contributed by atoms with E-state index >= 15 is 0 Å². The summed E-state index contributed by atoms with van der Waals surface area (Å²) < 4.78 is 1.02. The molecule has 0 bridgehead atoms. The molecule has 0 radical (unpaired) electrons. The molecule has 0 aliphatic rings. The van der Waals surface area contributed by atoms with Gasteiger partial charge in [-0.2, -0.15) is 0 Å². The van der Waals surface area contributed by atoms with Gasteiger partial charge in [0.15, 0.2) is 5.78 Å². The van der Waals surface area contributed by atoms with Gasteiger partial charge in [-0.1, -0.05) is 74.3 Å². The Kier molecular flexibility index (Phi) is 3.42. The van der Waals surface area contributed by atoms with Crippen LogP contribution in [0.3, 0.4) is 0 Å². The van der Waals surface area contributed by atoms with E-state index in [0.717, 1.165) is 26.2 Å². The molecule has 19 heavy (non-hydrogen) atoms. The van der Waals surface area contributed by atoms with Gasteiger partial charge in [-0.3, -0.25) is 4.79 Å². The molecule has 3 heteroatoms. The van der Waals surface area contributed by atoms with Gasteiger partial charge >= 0.3 is 0 Å². The molecule has 0 aromatic heterocycles. The van der Waals surface area contributed by atoms with E-state index < -0.39 is 0 Å². The quantitative estimate of drug-likeness (QED) is 0.335. The molecule has 1 nitrogen and oxygen atoms in total. The monoisotopic (exact) mass is 376 g/mol. The summed E-state index contributed by atoms with van der Waals surface area (Å²) in [6, 6.07) is 16.1. The third-order valence-electron chi connectivity index (χ3n) is 3.27. The van der Waals surface area contributed by atoms with Crippen molar-refractivity contribution in [2.75, 3.05) is 5.33 Å². The second-order valence-corrected chi connectivity index (χ2v) is 5.78. The lowest BCUT2D eigenvalue weighted by molar-refractivity contribution is 0.102. The minimum Gasteiger partial charge on any atom is -0.293 e. The number of alkyl halides is 1. The maximum atomic E-state index is 12.0. The third kappa shape index (κ3) is 2.11. The van der Waals surface area contributed by atoms with Crippen LogP contribution in [0.2, 0.25) is 0 Å². The standard InChI is InChI=1S/C16H10Br2O/c17-9-16(19)13-7-3-6-11-10-4-1-2-5-12(10)15(18)8-14(11)13/h1-8H,9H2. The molecule has 0 amide bonds. The molecule has 3 rings (SSSR count). The Labute approximate surface area is 127 Å². The molecule has 0 unspecified atom stereocenters. The van der Waals surface area contributed by atoms with Crippen molar-refractivity contribution in [1.29, 1.82) is 0 Å². The minimum absolute atomic E-state index is 0.104. The Balaban J connectivity index is 2.49. The topological polar surface area (TPSA) is 17.1 Å². The maximum absolute atomic E-state index is 12.0. The van der Waals surface area contributed by atoms with Crippen molar-refractivity contribution in [2.45, 2.75) is 0 Å². The van der Waals surface area contributed by atoms with E-state index in [2.05, 4.69) is 50.1 Å². The molecule has 0 heterocycles. The van der Waals surface area contributed by atoms with Crippen LogP contribution in [0.1, 0.15) is 10.4 Å². The first-order chi connectivity index (χ1) is 9.22. The number of ketones is 1. The summed E-state index contributed by atoms with van der Waals surface area (Å²) in [5.74, 6) is 0.104. The van der Waals surface area contributed by atoms with Gasteiger partial charge in [0.25, 0.3) is 0 Å². The van der Waals surface area contributed by atoms with Gasteiger partial charge in [-0.05, 0) is 27.6 Å². The zero-order chi connectivity index (χ0) is 13.4. The van der Waals surface area contributed by atoms with E-state index in [-0.39, 0.29) is 5.78 Å². The van der Waals surface area contributed by atoms with Crippen molar-refractivity contribution in [3.05, 3.63) is 58.6 Å². The second kappa shape index (κ2) is 5.06. The Morgan fingerprint density at radius 3 is 2.26 bits per heavy atom. The highest BCUT2D eigenvalue weighted by molar-refractivity contribution is 9.10. The van der Waals surface area contributed by atoms with Crippen LogP contribution in [-0.2, 0) is 0 Å². The average Bonchev–Trinajstić information content (AvgIpc) is 2.46. The zero-order valence-corrected chi connectivity index (χ0v) is 13.2. The molecule has 0 aliphatic heterocycles. The lowest BCUT2D eigenvalue weighted by Gasteiger charge is -2.09. The number of halogens is 2. The van der Waals surface area contributed by atoms with Crippen molar-refractivity contribution >= 4 is 59.2 Å². The van der Waals surface area contributed by atoms with E-state index in [9.17, 15) is 4.79 Å². The van der Waals surface area contributed by atoms with Crippen LogP contribution in [0, 0.1) is 0 Å². The number of benzene rings is 3. The van der Waals surface area contributed by atoms with Crippen LogP contribution in [-0.4, -0.2) is 11.1 Å². The summed E-state index contributed by atoms with van der Waals surface area (Å²) >= 11 is 6.84. The smallest absolute Gasteiger partial charge is 0.173 e. The van der Waals surface area contributed by atoms with Crippen molar-refractivity contribution in [2.24, 2.45) is 0 Å². The lowest BCUT2D eigenvalue weighted by Crippen LogP contribution is -2.00. The average molecular weight is 378 g/mol. The highest BCUT2D eigenvalue weighted by Crippen LogP contribution is 2.33. The van der Waals surface area contributed by atoms with Crippen LogP contribution in [0.25, 0.3) is 21.5 Å². The molecule has 0 fully saturated rings. The Hall–Kier alpha value is -1.19. The molecule has 0 N–H and O–H groups in total. The van der Waals surface area contributed by atoms with E-state index in [1.807, 2.05) is 30.3 Å². The second-order valence-electron chi connectivity index (χ2n) is 4.36. The number of carbonyl (C=O) groups is 1. The van der Waals surface area contributed by atoms with Crippen LogP contribution in [0.15, 0.2) is 53.0 Å². The highest BCUT2D eigenvalue weighted by atomic mass is 79.9. The van der Waals surface area contributed by atoms with E-state index in [1.165, 1.54) is 5.39 Å². The molecule has 0 spiro atoms. The first kappa shape index (κ1) is 12.8. The molecule has 0 saturated heterocycles. The summed E-state index contributed by atoms with van der Waals surface area (Å²) in [6.45, 7) is 0. The fraction of sp³-hybridized carbons (Fsp3) is 0.0625. The van der Waals surface area contributed by atoms with Crippen molar-refractivity contribution < 1.29 is 4.79 Å². The van der Waals surface area contributed by atoms with Crippen LogP contribution in [0.5, 0.6) is 0 Å². The van der Waals surface area contributed by atoms with Gasteiger partial charge in [0.1, 0.15) is 0 Å². The van der Waals surface area contributed by atoms with Gasteiger partial charge in [-0.15, -0.1) is 0 Å². The van der Waals surface area contributed by atoms with Crippen molar-refractivity contribution in [1.82, 2.24) is 0 Å². The molecular formula is C16H10Br2O. The SMILES string of the molecule is O=C(CBr)c1cccc2c1cc(Br)c1ccccc12. The van der Waals surface area contributed by atoms with Crippen molar-refractivity contribution in [3.8, 4) is 0 Å². The number of fused-ring (bicyclic) bond motifs is 3. The Morgan fingerprint density at radius 2 is 1.53 bits per heavy atom. The fourth-order valence-electron chi connectivity index (χ4n) is 2.40. The van der Waals surface area contributed by atoms with E-state index in [0.29, 0.717) is 5.33 Å². The summed E-state index contributed by atoms with van der Waals surface area (Å²) in [4.78, 5) is 12.0. The van der Waals surface area contributed by atoms with Crippen LogP contribution < -0.4 is 0 Å². The normalized spacial score (nSPS) is 11.1. The third-order valence-corrected chi connectivity index (χ3v) is 4.44. The van der Waals surface area contributed by atoms with E-state index in [4.69, 9.17) is 0 Å². The minimum atomic E-state index is 0.104. The molecule has 0 saturated carbocycles. The van der Waals surface area contributed by atoms with Gasteiger partial charge < -0.3 is 0 Å². The van der Waals surface area contributed by atoms with Gasteiger partial charge in [0.2, 0.25) is 0 Å². The molecule has 0 aliphatic carbocycles. The first-order valence-electron chi connectivity index (χ1n) is 5.91. The fourth-order valence-corrected chi connectivity index (χ4v) is 3.28. The van der Waals surface area contributed by atoms with E-state index in [1.54, 1.807) is 0 Å². The molecule has 0 atom stereocenters. The molecule has 3 aromatic rings. The zero-order valence-electron chi connectivity index (χ0n) is 9.99. The van der Waals surface area contributed by atoms with Crippen LogP contribution in [0.4, 0.5) is 0 Å². The summed E-state index contributed by atoms with van der Waals surface area (Å²) in [5.41, 5.74) is 0.765. The van der Waals surface area contributed by atoms with Crippen molar-refractivity contribution in [3.63, 3.8) is 0 Å². The first-order valence-corrected chi connectivity index (χ1v) is 7.83. The number of rotatable bonds is 2. The van der Waals surface area contributed by atoms with Crippen LogP contribution >= 0.6 is 31.9 Å². The van der Waals surface area contributed by atoms with Gasteiger partial charge in [0.05, 0.1) is 5.33 Å². The predicted octanol–water partition coefficient (Wildman–Crippen LogP) is 5.33. The Morgan fingerprint density at radius 1 is 0.895 bits per heavy atom. The molecular weight excluding hydrogens is 368 g/mol. The number of carbonyl (C=O) groups excluding carboxylic acids is 1. The predicted molar refractivity (Wildman–Crippen MR) is 87.3 cm³/mol. The highest BCUT2D eigenvalue weighted by Gasteiger charge is 2.11. The number of hydrogen-bond donors (Lipinski definition) is 0. The van der Waals surface area contributed by atoms with Gasteiger partial charge in [-0.25, -0.2) is 0 Å². The van der Waals surface area contributed by atoms with Gasteiger partial charge in [0, 0.05) is 10.0 Å². The maximum Gasteiger partial charge on any atom is 0.173 e. The number of Topliss-reactive ketones (excluding diaryl/α,β-unsaturated/α-hetero) is 1. The molecule has 94 valence electrons. The largest absolute Gasteiger partial charge is 0.293 e. The number of hydrogen-bond acceptors (Lipinski definition) is 1. The summed E-state index contributed by atoms with van der Waals surface area (Å²) in [5, 5.41) is 4.79. The Bertz CT molecular complexity index is 793. The summed E-state index contributed by atoms with van der Waals surface area (Å²) in [7, 11) is 0. The molecule has 3 aromatic carbocycles.